The van der Waals surface area contributed by atoms with E-state index in [2.05, 4.69) is 5.32 Å². The highest BCUT2D eigenvalue weighted by Gasteiger charge is 2.11. The second-order valence-corrected chi connectivity index (χ2v) is 4.67. The molecule has 0 aliphatic heterocycles. The molecule has 0 aliphatic rings. The van der Waals surface area contributed by atoms with Crippen molar-refractivity contribution < 1.29 is 9.13 Å². The summed E-state index contributed by atoms with van der Waals surface area (Å²) >= 11 is 0. The molecule has 106 valence electrons. The zero-order valence-electron chi connectivity index (χ0n) is 11.7. The number of rotatable bonds is 5. The van der Waals surface area contributed by atoms with Gasteiger partial charge in [-0.15, -0.1) is 0 Å². The molecule has 0 saturated carbocycles. The van der Waals surface area contributed by atoms with Gasteiger partial charge in [0.2, 0.25) is 0 Å². The lowest BCUT2D eigenvalue weighted by Crippen LogP contribution is -2.20. The molecule has 20 heavy (non-hydrogen) atoms. The lowest BCUT2D eigenvalue weighted by molar-refractivity contribution is 0.415. The monoisotopic (exact) mass is 274 g/mol. The zero-order chi connectivity index (χ0) is 14.5. The van der Waals surface area contributed by atoms with Crippen LogP contribution in [0, 0.1) is 12.7 Å². The number of ether oxygens (including phenoxy) is 1. The molecule has 0 fully saturated rings. The van der Waals surface area contributed by atoms with E-state index >= 15 is 0 Å². The molecule has 2 aromatic rings. The fraction of sp³-hybridized carbons (Fsp3) is 0.250. The van der Waals surface area contributed by atoms with Crippen LogP contribution in [0.2, 0.25) is 0 Å². The third kappa shape index (κ3) is 3.27. The lowest BCUT2D eigenvalue weighted by Gasteiger charge is -2.19. The van der Waals surface area contributed by atoms with Crippen molar-refractivity contribution in [3.63, 3.8) is 0 Å². The molecule has 3 N–H and O–H groups in total. The second kappa shape index (κ2) is 6.39. The standard InChI is InChI=1S/C16H19FN2O/c1-11-6-7-12(8-15(11)17)16(10-18)19-13-4-3-5-14(9-13)20-2/h3-9,16,19H,10,18H2,1-2H3. The van der Waals surface area contributed by atoms with Crippen LogP contribution in [-0.2, 0) is 0 Å². The van der Waals surface area contributed by atoms with Gasteiger partial charge in [0.1, 0.15) is 11.6 Å². The van der Waals surface area contributed by atoms with Crippen molar-refractivity contribution in [1.82, 2.24) is 0 Å². The number of aryl methyl sites for hydroxylation is 1. The largest absolute Gasteiger partial charge is 0.497 e. The molecule has 1 atom stereocenters. The van der Waals surface area contributed by atoms with E-state index in [1.165, 1.54) is 6.07 Å². The maximum Gasteiger partial charge on any atom is 0.126 e. The normalized spacial score (nSPS) is 12.0. The van der Waals surface area contributed by atoms with Crippen LogP contribution in [0.1, 0.15) is 17.2 Å². The van der Waals surface area contributed by atoms with Crippen LogP contribution in [0.25, 0.3) is 0 Å². The molecular formula is C16H19FN2O. The smallest absolute Gasteiger partial charge is 0.126 e. The molecule has 0 amide bonds. The summed E-state index contributed by atoms with van der Waals surface area (Å²) in [5.41, 5.74) is 8.15. The van der Waals surface area contributed by atoms with Crippen LogP contribution in [0.3, 0.4) is 0 Å². The van der Waals surface area contributed by atoms with Gasteiger partial charge in [-0.05, 0) is 36.2 Å². The van der Waals surface area contributed by atoms with Crippen LogP contribution in [-0.4, -0.2) is 13.7 Å². The number of nitrogens with one attached hydrogen (secondary N) is 1. The average Bonchev–Trinajstić information content (AvgIpc) is 2.48. The van der Waals surface area contributed by atoms with Gasteiger partial charge < -0.3 is 15.8 Å². The Balaban J connectivity index is 2.21. The summed E-state index contributed by atoms with van der Waals surface area (Å²) in [4.78, 5) is 0. The first-order chi connectivity index (χ1) is 9.63. The van der Waals surface area contributed by atoms with Crippen molar-refractivity contribution in [3.8, 4) is 5.75 Å². The number of nitrogens with two attached hydrogens (primary N) is 1. The Morgan fingerprint density at radius 3 is 2.70 bits per heavy atom. The number of halogens is 1. The molecule has 0 heterocycles. The van der Waals surface area contributed by atoms with Crippen LogP contribution >= 0.6 is 0 Å². The van der Waals surface area contributed by atoms with Gasteiger partial charge in [0.25, 0.3) is 0 Å². The first-order valence-electron chi connectivity index (χ1n) is 6.50. The van der Waals surface area contributed by atoms with E-state index < -0.39 is 0 Å². The summed E-state index contributed by atoms with van der Waals surface area (Å²) < 4.78 is 18.8. The summed E-state index contributed by atoms with van der Waals surface area (Å²) in [6, 6.07) is 12.6. The predicted molar refractivity (Wildman–Crippen MR) is 79.5 cm³/mol. The van der Waals surface area contributed by atoms with Crippen molar-refractivity contribution in [1.29, 1.82) is 0 Å². The van der Waals surface area contributed by atoms with Gasteiger partial charge in [-0.3, -0.25) is 0 Å². The number of methoxy groups -OCH3 is 1. The van der Waals surface area contributed by atoms with Gasteiger partial charge in [0.15, 0.2) is 0 Å². The van der Waals surface area contributed by atoms with E-state index in [9.17, 15) is 4.39 Å². The van der Waals surface area contributed by atoms with Crippen LogP contribution in [0.15, 0.2) is 42.5 Å². The Morgan fingerprint density at radius 1 is 1.25 bits per heavy atom. The number of anilines is 1. The molecule has 1 unspecified atom stereocenters. The molecular weight excluding hydrogens is 255 g/mol. The number of hydrogen-bond acceptors (Lipinski definition) is 3. The van der Waals surface area contributed by atoms with Crippen LogP contribution < -0.4 is 15.8 Å². The minimum Gasteiger partial charge on any atom is -0.497 e. The molecule has 0 aromatic heterocycles. The minimum atomic E-state index is -0.214. The molecule has 0 aliphatic carbocycles. The lowest BCUT2D eigenvalue weighted by atomic mass is 10.0. The second-order valence-electron chi connectivity index (χ2n) is 4.67. The Kier molecular flexibility index (Phi) is 4.58. The first kappa shape index (κ1) is 14.3. The van der Waals surface area contributed by atoms with Gasteiger partial charge in [-0.25, -0.2) is 4.39 Å². The summed E-state index contributed by atoms with van der Waals surface area (Å²) in [5.74, 6) is 0.550. The van der Waals surface area contributed by atoms with Crippen molar-refractivity contribution in [3.05, 3.63) is 59.4 Å². The van der Waals surface area contributed by atoms with E-state index in [-0.39, 0.29) is 11.9 Å². The van der Waals surface area contributed by atoms with Gasteiger partial charge in [-0.1, -0.05) is 18.2 Å². The van der Waals surface area contributed by atoms with E-state index in [0.29, 0.717) is 12.1 Å². The Bertz CT molecular complexity index is 586. The van der Waals surface area contributed by atoms with E-state index in [1.807, 2.05) is 30.3 Å². The first-order valence-corrected chi connectivity index (χ1v) is 6.50. The molecule has 0 radical (unpaired) electrons. The SMILES string of the molecule is COc1cccc(NC(CN)c2ccc(C)c(F)c2)c1. The topological polar surface area (TPSA) is 47.3 Å². The number of benzene rings is 2. The Labute approximate surface area is 118 Å². The van der Waals surface area contributed by atoms with Gasteiger partial charge in [-0.2, -0.15) is 0 Å². The summed E-state index contributed by atoms with van der Waals surface area (Å²) in [7, 11) is 1.62. The van der Waals surface area contributed by atoms with Gasteiger partial charge in [0, 0.05) is 18.3 Å². The molecule has 0 bridgehead atoms. The fourth-order valence-electron chi connectivity index (χ4n) is 2.02. The molecule has 0 saturated heterocycles. The van der Waals surface area contributed by atoms with E-state index in [1.54, 1.807) is 20.1 Å². The molecule has 4 heteroatoms. The molecule has 3 nitrogen and oxygen atoms in total. The van der Waals surface area contributed by atoms with Gasteiger partial charge in [0.05, 0.1) is 13.2 Å². The summed E-state index contributed by atoms with van der Waals surface area (Å²) in [6.45, 7) is 2.12. The highest BCUT2D eigenvalue weighted by molar-refractivity contribution is 5.50. The summed E-state index contributed by atoms with van der Waals surface area (Å²) in [5, 5.41) is 3.29. The quantitative estimate of drug-likeness (QED) is 0.879. The zero-order valence-corrected chi connectivity index (χ0v) is 11.7. The maximum absolute atomic E-state index is 13.6. The number of hydrogen-bond donors (Lipinski definition) is 2. The van der Waals surface area contributed by atoms with E-state index in [0.717, 1.165) is 17.0 Å². The Hall–Kier alpha value is -2.07. The third-order valence-electron chi connectivity index (χ3n) is 3.24. The molecule has 0 spiro atoms. The van der Waals surface area contributed by atoms with Gasteiger partial charge >= 0.3 is 0 Å². The van der Waals surface area contributed by atoms with E-state index in [4.69, 9.17) is 10.5 Å². The average molecular weight is 274 g/mol. The maximum atomic E-state index is 13.6. The summed E-state index contributed by atoms with van der Waals surface area (Å²) in [6.07, 6.45) is 0. The van der Waals surface area contributed by atoms with Crippen molar-refractivity contribution in [2.75, 3.05) is 19.0 Å². The fourth-order valence-corrected chi connectivity index (χ4v) is 2.02. The molecule has 2 rings (SSSR count). The van der Waals surface area contributed by atoms with Crippen molar-refractivity contribution >= 4 is 5.69 Å². The van der Waals surface area contributed by atoms with Crippen LogP contribution in [0.4, 0.5) is 10.1 Å². The predicted octanol–water partition coefficient (Wildman–Crippen LogP) is 3.25. The Morgan fingerprint density at radius 2 is 2.05 bits per heavy atom. The van der Waals surface area contributed by atoms with Crippen molar-refractivity contribution in [2.24, 2.45) is 5.73 Å². The minimum absolute atomic E-state index is 0.141. The highest BCUT2D eigenvalue weighted by atomic mass is 19.1. The third-order valence-corrected chi connectivity index (χ3v) is 3.24. The molecule has 2 aromatic carbocycles. The van der Waals surface area contributed by atoms with Crippen LogP contribution in [0.5, 0.6) is 5.75 Å². The highest BCUT2D eigenvalue weighted by Crippen LogP contribution is 2.23. The van der Waals surface area contributed by atoms with Crippen molar-refractivity contribution in [2.45, 2.75) is 13.0 Å².